The SMILES string of the molecule is COc1ccc(OC)c(CNC(=O)CC(C)N)c1. The third-order valence-corrected chi connectivity index (χ3v) is 2.47. The lowest BCUT2D eigenvalue weighted by atomic mass is 10.1. The summed E-state index contributed by atoms with van der Waals surface area (Å²) in [6, 6.07) is 5.32. The van der Waals surface area contributed by atoms with Gasteiger partial charge < -0.3 is 20.5 Å². The summed E-state index contributed by atoms with van der Waals surface area (Å²) in [5, 5.41) is 2.80. The van der Waals surface area contributed by atoms with Gasteiger partial charge in [-0.15, -0.1) is 0 Å². The summed E-state index contributed by atoms with van der Waals surface area (Å²) in [5.41, 5.74) is 6.43. The quantitative estimate of drug-likeness (QED) is 0.794. The lowest BCUT2D eigenvalue weighted by molar-refractivity contribution is -0.121. The van der Waals surface area contributed by atoms with E-state index in [1.54, 1.807) is 21.1 Å². The number of methoxy groups -OCH3 is 2. The number of nitrogens with two attached hydrogens (primary N) is 1. The van der Waals surface area contributed by atoms with E-state index in [1.807, 2.05) is 18.2 Å². The van der Waals surface area contributed by atoms with Crippen molar-refractivity contribution in [3.05, 3.63) is 23.8 Å². The van der Waals surface area contributed by atoms with Crippen LogP contribution in [-0.2, 0) is 11.3 Å². The van der Waals surface area contributed by atoms with Crippen molar-refractivity contribution in [3.8, 4) is 11.5 Å². The molecule has 5 nitrogen and oxygen atoms in total. The van der Waals surface area contributed by atoms with Gasteiger partial charge in [-0.2, -0.15) is 0 Å². The summed E-state index contributed by atoms with van der Waals surface area (Å²) in [6.07, 6.45) is 0.312. The molecule has 1 atom stereocenters. The molecule has 0 spiro atoms. The predicted molar refractivity (Wildman–Crippen MR) is 69.7 cm³/mol. The zero-order valence-electron chi connectivity index (χ0n) is 11.0. The van der Waals surface area contributed by atoms with Crippen LogP contribution in [0.15, 0.2) is 18.2 Å². The zero-order chi connectivity index (χ0) is 13.5. The van der Waals surface area contributed by atoms with Crippen molar-refractivity contribution in [1.82, 2.24) is 5.32 Å². The molecule has 0 aliphatic carbocycles. The van der Waals surface area contributed by atoms with Crippen molar-refractivity contribution in [2.75, 3.05) is 14.2 Å². The molecule has 1 aromatic carbocycles. The molecule has 1 aromatic rings. The summed E-state index contributed by atoms with van der Waals surface area (Å²) >= 11 is 0. The molecule has 100 valence electrons. The van der Waals surface area contributed by atoms with E-state index in [-0.39, 0.29) is 11.9 Å². The Kier molecular flexibility index (Phi) is 5.45. The molecule has 0 radical (unpaired) electrons. The molecule has 0 aliphatic heterocycles. The van der Waals surface area contributed by atoms with Gasteiger partial charge in [0, 0.05) is 24.6 Å². The number of amides is 1. The first-order valence-corrected chi connectivity index (χ1v) is 5.80. The lowest BCUT2D eigenvalue weighted by Crippen LogP contribution is -2.29. The van der Waals surface area contributed by atoms with Crippen molar-refractivity contribution in [2.24, 2.45) is 5.73 Å². The molecule has 0 saturated heterocycles. The molecular formula is C13H20N2O3. The van der Waals surface area contributed by atoms with E-state index in [9.17, 15) is 4.79 Å². The second-order valence-corrected chi connectivity index (χ2v) is 4.14. The van der Waals surface area contributed by atoms with Crippen molar-refractivity contribution < 1.29 is 14.3 Å². The number of carbonyl (C=O) groups is 1. The second-order valence-electron chi connectivity index (χ2n) is 4.14. The molecule has 1 unspecified atom stereocenters. The maximum absolute atomic E-state index is 11.5. The van der Waals surface area contributed by atoms with Crippen LogP contribution in [0.2, 0.25) is 0 Å². The lowest BCUT2D eigenvalue weighted by Gasteiger charge is -2.12. The van der Waals surface area contributed by atoms with Crippen LogP contribution in [0.3, 0.4) is 0 Å². The van der Waals surface area contributed by atoms with E-state index in [0.717, 1.165) is 17.1 Å². The van der Waals surface area contributed by atoms with Crippen LogP contribution in [0.4, 0.5) is 0 Å². The minimum Gasteiger partial charge on any atom is -0.497 e. The monoisotopic (exact) mass is 252 g/mol. The number of carbonyl (C=O) groups excluding carboxylic acids is 1. The van der Waals surface area contributed by atoms with Crippen LogP contribution in [-0.4, -0.2) is 26.2 Å². The Morgan fingerprint density at radius 1 is 1.39 bits per heavy atom. The maximum atomic E-state index is 11.5. The van der Waals surface area contributed by atoms with E-state index >= 15 is 0 Å². The van der Waals surface area contributed by atoms with Crippen LogP contribution in [0.5, 0.6) is 11.5 Å². The Morgan fingerprint density at radius 3 is 2.67 bits per heavy atom. The molecule has 0 aromatic heterocycles. The number of nitrogens with one attached hydrogen (secondary N) is 1. The van der Waals surface area contributed by atoms with Gasteiger partial charge in [-0.25, -0.2) is 0 Å². The van der Waals surface area contributed by atoms with E-state index in [2.05, 4.69) is 5.32 Å². The molecule has 1 amide bonds. The standard InChI is InChI=1S/C13H20N2O3/c1-9(14)6-13(16)15-8-10-7-11(17-2)4-5-12(10)18-3/h4-5,7,9H,6,8,14H2,1-3H3,(H,15,16). The molecule has 0 bridgehead atoms. The fourth-order valence-electron chi connectivity index (χ4n) is 1.58. The van der Waals surface area contributed by atoms with Gasteiger partial charge in [0.2, 0.25) is 5.91 Å². The van der Waals surface area contributed by atoms with E-state index in [0.29, 0.717) is 13.0 Å². The predicted octanol–water partition coefficient (Wildman–Crippen LogP) is 1.06. The molecule has 0 aliphatic rings. The van der Waals surface area contributed by atoms with Gasteiger partial charge in [0.25, 0.3) is 0 Å². The molecule has 18 heavy (non-hydrogen) atoms. The summed E-state index contributed by atoms with van der Waals surface area (Å²) in [6.45, 7) is 2.19. The van der Waals surface area contributed by atoms with E-state index in [1.165, 1.54) is 0 Å². The Hall–Kier alpha value is -1.75. The van der Waals surface area contributed by atoms with Gasteiger partial charge in [0.15, 0.2) is 0 Å². The van der Waals surface area contributed by atoms with Gasteiger partial charge in [0.05, 0.1) is 14.2 Å². The Bertz CT molecular complexity index is 405. The normalized spacial score (nSPS) is 11.8. The van der Waals surface area contributed by atoms with Crippen LogP contribution in [0.1, 0.15) is 18.9 Å². The average Bonchev–Trinajstić information content (AvgIpc) is 2.35. The number of hydrogen-bond acceptors (Lipinski definition) is 4. The van der Waals surface area contributed by atoms with Gasteiger partial charge in [0.1, 0.15) is 11.5 Å². The van der Waals surface area contributed by atoms with Crippen LogP contribution < -0.4 is 20.5 Å². The number of ether oxygens (including phenoxy) is 2. The average molecular weight is 252 g/mol. The zero-order valence-corrected chi connectivity index (χ0v) is 11.0. The molecule has 0 fully saturated rings. The van der Waals surface area contributed by atoms with Crippen LogP contribution >= 0.6 is 0 Å². The summed E-state index contributed by atoms with van der Waals surface area (Å²) in [7, 11) is 3.19. The van der Waals surface area contributed by atoms with Crippen molar-refractivity contribution in [3.63, 3.8) is 0 Å². The molecular weight excluding hydrogens is 232 g/mol. The highest BCUT2D eigenvalue weighted by molar-refractivity contribution is 5.76. The third kappa shape index (κ3) is 4.25. The van der Waals surface area contributed by atoms with E-state index < -0.39 is 0 Å². The highest BCUT2D eigenvalue weighted by Gasteiger charge is 2.08. The van der Waals surface area contributed by atoms with Gasteiger partial charge in [-0.05, 0) is 25.1 Å². The van der Waals surface area contributed by atoms with Crippen LogP contribution in [0.25, 0.3) is 0 Å². The topological polar surface area (TPSA) is 73.6 Å². The smallest absolute Gasteiger partial charge is 0.221 e. The third-order valence-electron chi connectivity index (χ3n) is 2.47. The summed E-state index contributed by atoms with van der Waals surface area (Å²) in [5.74, 6) is 1.37. The molecule has 5 heteroatoms. The summed E-state index contributed by atoms with van der Waals surface area (Å²) in [4.78, 5) is 11.5. The van der Waals surface area contributed by atoms with Crippen molar-refractivity contribution in [2.45, 2.75) is 25.9 Å². The van der Waals surface area contributed by atoms with Gasteiger partial charge in [-0.3, -0.25) is 4.79 Å². The molecule has 3 N–H and O–H groups in total. The van der Waals surface area contributed by atoms with Crippen molar-refractivity contribution in [1.29, 1.82) is 0 Å². The molecule has 0 saturated carbocycles. The molecule has 1 rings (SSSR count). The fraction of sp³-hybridized carbons (Fsp3) is 0.462. The number of benzene rings is 1. The Balaban J connectivity index is 2.67. The first-order chi connectivity index (χ1) is 8.56. The number of hydrogen-bond donors (Lipinski definition) is 2. The first-order valence-electron chi connectivity index (χ1n) is 5.80. The van der Waals surface area contributed by atoms with Crippen molar-refractivity contribution >= 4 is 5.91 Å². The van der Waals surface area contributed by atoms with Gasteiger partial charge >= 0.3 is 0 Å². The summed E-state index contributed by atoms with van der Waals surface area (Å²) < 4.78 is 10.4. The second kappa shape index (κ2) is 6.86. The number of rotatable bonds is 6. The fourth-order valence-corrected chi connectivity index (χ4v) is 1.58. The Morgan fingerprint density at radius 2 is 2.11 bits per heavy atom. The van der Waals surface area contributed by atoms with Gasteiger partial charge in [-0.1, -0.05) is 0 Å². The first kappa shape index (κ1) is 14.3. The van der Waals surface area contributed by atoms with E-state index in [4.69, 9.17) is 15.2 Å². The Labute approximate surface area is 107 Å². The van der Waals surface area contributed by atoms with Crippen LogP contribution in [0, 0.1) is 0 Å². The largest absolute Gasteiger partial charge is 0.497 e. The minimum absolute atomic E-state index is 0.0742. The highest BCUT2D eigenvalue weighted by Crippen LogP contribution is 2.23. The minimum atomic E-state index is -0.141. The highest BCUT2D eigenvalue weighted by atomic mass is 16.5. The molecule has 0 heterocycles. The maximum Gasteiger partial charge on any atom is 0.221 e.